The maximum absolute atomic E-state index is 11.3. The van der Waals surface area contributed by atoms with Gasteiger partial charge in [0.05, 0.1) is 6.61 Å². The Morgan fingerprint density at radius 2 is 2.00 bits per heavy atom. The first-order valence-electron chi connectivity index (χ1n) is 7.21. The molecule has 2 heteroatoms. The standard InChI is InChI=1S/C17H24O2/c1-5-15(18)19-11-17(4)13(3)16(17)12(2)14-9-7-6-8-10-14/h6-10,12-13,16H,5,11H2,1-4H3/t12-,13-,16+,17+/m0/s1. The largest absolute Gasteiger partial charge is 0.465 e. The summed E-state index contributed by atoms with van der Waals surface area (Å²) in [5.41, 5.74) is 1.52. The lowest BCUT2D eigenvalue weighted by atomic mass is 9.91. The SMILES string of the molecule is CCC(=O)OC[C@@]1(C)[C@H]([C@@H](C)c2ccccc2)[C@@H]1C. The van der Waals surface area contributed by atoms with Crippen LogP contribution in [0.15, 0.2) is 30.3 Å². The molecule has 1 aliphatic rings. The second kappa shape index (κ2) is 5.36. The number of hydrogen-bond acceptors (Lipinski definition) is 2. The van der Waals surface area contributed by atoms with Crippen LogP contribution in [0.1, 0.15) is 45.6 Å². The molecule has 0 saturated heterocycles. The van der Waals surface area contributed by atoms with Crippen molar-refractivity contribution in [1.82, 2.24) is 0 Å². The quantitative estimate of drug-likeness (QED) is 0.748. The van der Waals surface area contributed by atoms with Crippen LogP contribution in [0.3, 0.4) is 0 Å². The van der Waals surface area contributed by atoms with Gasteiger partial charge in [-0.2, -0.15) is 0 Å². The Morgan fingerprint density at radius 1 is 1.37 bits per heavy atom. The van der Waals surface area contributed by atoms with Crippen molar-refractivity contribution in [2.24, 2.45) is 17.3 Å². The zero-order chi connectivity index (χ0) is 14.0. The highest BCUT2D eigenvalue weighted by Gasteiger charge is 2.61. The molecule has 19 heavy (non-hydrogen) atoms. The van der Waals surface area contributed by atoms with Crippen LogP contribution >= 0.6 is 0 Å². The summed E-state index contributed by atoms with van der Waals surface area (Å²) in [5, 5.41) is 0. The summed E-state index contributed by atoms with van der Waals surface area (Å²) in [6, 6.07) is 10.6. The normalized spacial score (nSPS) is 30.7. The molecule has 0 N–H and O–H groups in total. The van der Waals surface area contributed by atoms with Gasteiger partial charge in [0.25, 0.3) is 0 Å². The highest BCUT2D eigenvalue weighted by Crippen LogP contribution is 2.64. The van der Waals surface area contributed by atoms with E-state index in [-0.39, 0.29) is 11.4 Å². The topological polar surface area (TPSA) is 26.3 Å². The molecule has 2 rings (SSSR count). The molecule has 0 aliphatic heterocycles. The van der Waals surface area contributed by atoms with E-state index >= 15 is 0 Å². The van der Waals surface area contributed by atoms with E-state index in [2.05, 4.69) is 51.1 Å². The second-order valence-corrected chi connectivity index (χ2v) is 6.03. The van der Waals surface area contributed by atoms with E-state index < -0.39 is 0 Å². The molecule has 104 valence electrons. The highest BCUT2D eigenvalue weighted by molar-refractivity contribution is 5.68. The molecule has 1 fully saturated rings. The van der Waals surface area contributed by atoms with Crippen LogP contribution in [0.4, 0.5) is 0 Å². The first kappa shape index (κ1) is 14.1. The number of ether oxygens (including phenoxy) is 1. The monoisotopic (exact) mass is 260 g/mol. The Kier molecular flexibility index (Phi) is 3.98. The molecule has 1 saturated carbocycles. The zero-order valence-corrected chi connectivity index (χ0v) is 12.3. The van der Waals surface area contributed by atoms with E-state index in [1.165, 1.54) is 5.56 Å². The minimum atomic E-state index is -0.0913. The molecule has 1 aliphatic carbocycles. The first-order valence-corrected chi connectivity index (χ1v) is 7.21. The number of carbonyl (C=O) groups excluding carboxylic acids is 1. The molecule has 0 bridgehead atoms. The number of hydrogen-bond donors (Lipinski definition) is 0. The average Bonchev–Trinajstić information content (AvgIpc) is 2.98. The van der Waals surface area contributed by atoms with Gasteiger partial charge < -0.3 is 4.74 Å². The molecule has 0 unspecified atom stereocenters. The van der Waals surface area contributed by atoms with Crippen molar-refractivity contribution in [3.63, 3.8) is 0 Å². The Bertz CT molecular complexity index is 440. The van der Waals surface area contributed by atoms with Crippen molar-refractivity contribution >= 4 is 5.97 Å². The summed E-state index contributed by atoms with van der Waals surface area (Å²) in [6.07, 6.45) is 0.462. The van der Waals surface area contributed by atoms with E-state index in [1.54, 1.807) is 0 Å². The van der Waals surface area contributed by atoms with Gasteiger partial charge in [-0.15, -0.1) is 0 Å². The summed E-state index contributed by atoms with van der Waals surface area (Å²) < 4.78 is 5.37. The van der Waals surface area contributed by atoms with Crippen LogP contribution in [0.25, 0.3) is 0 Å². The summed E-state index contributed by atoms with van der Waals surface area (Å²) in [4.78, 5) is 11.3. The summed E-state index contributed by atoms with van der Waals surface area (Å²) in [6.45, 7) is 9.19. The first-order chi connectivity index (χ1) is 9.00. The molecule has 0 aromatic heterocycles. The van der Waals surface area contributed by atoms with Gasteiger partial charge in [-0.25, -0.2) is 0 Å². The van der Waals surface area contributed by atoms with E-state index in [9.17, 15) is 4.79 Å². The zero-order valence-electron chi connectivity index (χ0n) is 12.3. The van der Waals surface area contributed by atoms with Crippen molar-refractivity contribution in [2.75, 3.05) is 6.61 Å². The second-order valence-electron chi connectivity index (χ2n) is 6.03. The van der Waals surface area contributed by atoms with Gasteiger partial charge in [-0.1, -0.05) is 58.0 Å². The number of carbonyl (C=O) groups is 1. The molecular weight excluding hydrogens is 236 g/mol. The number of rotatable bonds is 5. The average molecular weight is 260 g/mol. The van der Waals surface area contributed by atoms with Crippen LogP contribution in [0, 0.1) is 17.3 Å². The van der Waals surface area contributed by atoms with Crippen molar-refractivity contribution in [2.45, 2.75) is 40.0 Å². The summed E-state index contributed by atoms with van der Waals surface area (Å²) in [5.74, 6) is 1.62. The van der Waals surface area contributed by atoms with Gasteiger partial charge in [-0.3, -0.25) is 4.79 Å². The minimum absolute atomic E-state index is 0.0913. The molecule has 1 aromatic carbocycles. The number of esters is 1. The lowest BCUT2D eigenvalue weighted by Crippen LogP contribution is -2.16. The van der Waals surface area contributed by atoms with Crippen molar-refractivity contribution in [3.8, 4) is 0 Å². The summed E-state index contributed by atoms with van der Waals surface area (Å²) >= 11 is 0. The molecule has 0 spiro atoms. The molecule has 2 nitrogen and oxygen atoms in total. The fraction of sp³-hybridized carbons (Fsp3) is 0.588. The maximum Gasteiger partial charge on any atom is 0.305 e. The van der Waals surface area contributed by atoms with E-state index in [0.717, 1.165) is 0 Å². The third kappa shape index (κ3) is 2.68. The number of benzene rings is 1. The molecule has 0 amide bonds. The lowest BCUT2D eigenvalue weighted by Gasteiger charge is -2.16. The van der Waals surface area contributed by atoms with E-state index in [0.29, 0.717) is 30.8 Å². The smallest absolute Gasteiger partial charge is 0.305 e. The van der Waals surface area contributed by atoms with Gasteiger partial charge in [0.2, 0.25) is 0 Å². The Hall–Kier alpha value is -1.31. The Labute approximate surface area is 116 Å². The molecule has 1 aromatic rings. The fourth-order valence-electron chi connectivity index (χ4n) is 3.37. The minimum Gasteiger partial charge on any atom is -0.465 e. The predicted molar refractivity (Wildman–Crippen MR) is 76.9 cm³/mol. The fourth-order valence-corrected chi connectivity index (χ4v) is 3.37. The third-order valence-corrected chi connectivity index (χ3v) is 4.93. The van der Waals surface area contributed by atoms with Crippen LogP contribution < -0.4 is 0 Å². The van der Waals surface area contributed by atoms with Crippen LogP contribution in [-0.2, 0) is 9.53 Å². The van der Waals surface area contributed by atoms with Crippen molar-refractivity contribution in [3.05, 3.63) is 35.9 Å². The van der Waals surface area contributed by atoms with Crippen molar-refractivity contribution < 1.29 is 9.53 Å². The van der Waals surface area contributed by atoms with Crippen LogP contribution in [-0.4, -0.2) is 12.6 Å². The van der Waals surface area contributed by atoms with E-state index in [1.807, 2.05) is 6.92 Å². The Morgan fingerprint density at radius 3 is 2.58 bits per heavy atom. The summed E-state index contributed by atoms with van der Waals surface area (Å²) in [7, 11) is 0. The molecule has 0 radical (unpaired) electrons. The van der Waals surface area contributed by atoms with E-state index in [4.69, 9.17) is 4.74 Å². The van der Waals surface area contributed by atoms with Gasteiger partial charge in [0.15, 0.2) is 0 Å². The lowest BCUT2D eigenvalue weighted by molar-refractivity contribution is -0.145. The van der Waals surface area contributed by atoms with Gasteiger partial charge >= 0.3 is 5.97 Å². The van der Waals surface area contributed by atoms with Crippen molar-refractivity contribution in [1.29, 1.82) is 0 Å². The van der Waals surface area contributed by atoms with Crippen LogP contribution in [0.5, 0.6) is 0 Å². The molecular formula is C17H24O2. The maximum atomic E-state index is 11.3. The molecule has 0 heterocycles. The van der Waals surface area contributed by atoms with Crippen LogP contribution in [0.2, 0.25) is 0 Å². The van der Waals surface area contributed by atoms with Gasteiger partial charge in [0.1, 0.15) is 0 Å². The van der Waals surface area contributed by atoms with Gasteiger partial charge in [-0.05, 0) is 23.3 Å². The molecule has 4 atom stereocenters. The highest BCUT2D eigenvalue weighted by atomic mass is 16.5. The van der Waals surface area contributed by atoms with Gasteiger partial charge in [0, 0.05) is 11.8 Å². The Balaban J connectivity index is 2.01. The predicted octanol–water partition coefficient (Wildman–Crippen LogP) is 4.02. The third-order valence-electron chi connectivity index (χ3n) is 4.93.